The molecule has 1 saturated carbocycles. The van der Waals surface area contributed by atoms with Crippen LogP contribution in [0.4, 0.5) is 10.1 Å². The fourth-order valence-electron chi connectivity index (χ4n) is 1.85. The first-order chi connectivity index (χ1) is 8.99. The molecule has 1 aliphatic carbocycles. The summed E-state index contributed by atoms with van der Waals surface area (Å²) >= 11 is 0. The molecule has 0 bridgehead atoms. The van der Waals surface area contributed by atoms with Gasteiger partial charge in [-0.05, 0) is 37.1 Å². The van der Waals surface area contributed by atoms with Crippen molar-refractivity contribution in [1.82, 2.24) is 0 Å². The highest BCUT2D eigenvalue weighted by molar-refractivity contribution is 5.96. The van der Waals surface area contributed by atoms with E-state index in [2.05, 4.69) is 0 Å². The zero-order valence-corrected chi connectivity index (χ0v) is 10.7. The van der Waals surface area contributed by atoms with Gasteiger partial charge in [-0.1, -0.05) is 6.92 Å². The van der Waals surface area contributed by atoms with Crippen LogP contribution in [0.2, 0.25) is 0 Å². The molecule has 19 heavy (non-hydrogen) atoms. The maximum absolute atomic E-state index is 12.9. The number of carboxylic acid groups (broad SMARTS) is 1. The van der Waals surface area contributed by atoms with E-state index in [0.717, 1.165) is 12.8 Å². The Kier molecular flexibility index (Phi) is 3.83. The molecule has 1 fully saturated rings. The molecule has 102 valence electrons. The molecular formula is C14H16FNO3. The normalized spacial score (nSPS) is 15.9. The molecular weight excluding hydrogens is 249 g/mol. The van der Waals surface area contributed by atoms with Crippen LogP contribution in [0.15, 0.2) is 24.3 Å². The van der Waals surface area contributed by atoms with E-state index >= 15 is 0 Å². The van der Waals surface area contributed by atoms with E-state index in [1.54, 1.807) is 6.92 Å². The average molecular weight is 265 g/mol. The van der Waals surface area contributed by atoms with Crippen molar-refractivity contribution in [2.75, 3.05) is 11.4 Å². The highest BCUT2D eigenvalue weighted by atomic mass is 19.1. The fraction of sp³-hybridized carbons (Fsp3) is 0.429. The summed E-state index contributed by atoms with van der Waals surface area (Å²) in [5.74, 6) is -2.07. The molecule has 1 N–H and O–H groups in total. The number of hydrogen-bond acceptors (Lipinski definition) is 2. The second-order valence-electron chi connectivity index (χ2n) is 4.94. The summed E-state index contributed by atoms with van der Waals surface area (Å²) < 4.78 is 12.9. The number of amides is 1. The lowest BCUT2D eigenvalue weighted by molar-refractivity contribution is -0.140. The van der Waals surface area contributed by atoms with Crippen molar-refractivity contribution in [3.63, 3.8) is 0 Å². The Morgan fingerprint density at radius 1 is 1.37 bits per heavy atom. The molecule has 0 aliphatic heterocycles. The lowest BCUT2D eigenvalue weighted by atomic mass is 10.1. The highest BCUT2D eigenvalue weighted by Gasteiger charge is 2.35. The minimum absolute atomic E-state index is 0.00829. The summed E-state index contributed by atoms with van der Waals surface area (Å²) in [5, 5.41) is 8.96. The van der Waals surface area contributed by atoms with Crippen molar-refractivity contribution < 1.29 is 19.1 Å². The number of carbonyl (C=O) groups is 2. The third kappa shape index (κ3) is 3.30. The number of benzene rings is 1. The standard InChI is InChI=1S/C14H16FNO3/c1-9(14(18)19)8-16(13(17)10-2-3-10)12-6-4-11(15)5-7-12/h4-7,9-10H,2-3,8H2,1H3,(H,18,19). The van der Waals surface area contributed by atoms with Gasteiger partial charge in [-0.15, -0.1) is 0 Å². The van der Waals surface area contributed by atoms with Gasteiger partial charge in [0.05, 0.1) is 5.92 Å². The molecule has 1 atom stereocenters. The van der Waals surface area contributed by atoms with Crippen molar-refractivity contribution in [3.05, 3.63) is 30.1 Å². The first-order valence-electron chi connectivity index (χ1n) is 6.29. The van der Waals surface area contributed by atoms with Crippen LogP contribution in [0.25, 0.3) is 0 Å². The number of nitrogens with zero attached hydrogens (tertiary/aromatic N) is 1. The van der Waals surface area contributed by atoms with Gasteiger partial charge in [0.1, 0.15) is 5.82 Å². The minimum Gasteiger partial charge on any atom is -0.481 e. The lowest BCUT2D eigenvalue weighted by Crippen LogP contribution is -2.38. The summed E-state index contributed by atoms with van der Waals surface area (Å²) in [6.45, 7) is 1.66. The molecule has 1 aliphatic rings. The van der Waals surface area contributed by atoms with Crippen LogP contribution in [-0.4, -0.2) is 23.5 Å². The quantitative estimate of drug-likeness (QED) is 0.888. The third-order valence-corrected chi connectivity index (χ3v) is 3.21. The number of hydrogen-bond donors (Lipinski definition) is 1. The molecule has 0 saturated heterocycles. The molecule has 0 spiro atoms. The summed E-state index contributed by atoms with van der Waals surface area (Å²) in [5.41, 5.74) is 0.548. The first-order valence-corrected chi connectivity index (χ1v) is 6.29. The van der Waals surface area contributed by atoms with Gasteiger partial charge in [-0.3, -0.25) is 9.59 Å². The molecule has 2 rings (SSSR count). The summed E-state index contributed by atoms with van der Waals surface area (Å²) in [7, 11) is 0. The average Bonchev–Trinajstić information content (AvgIpc) is 3.20. The first kappa shape index (κ1) is 13.5. The van der Waals surface area contributed by atoms with Crippen molar-refractivity contribution in [2.45, 2.75) is 19.8 Å². The Labute approximate surface area is 110 Å². The van der Waals surface area contributed by atoms with Crippen LogP contribution in [-0.2, 0) is 9.59 Å². The van der Waals surface area contributed by atoms with Crippen molar-refractivity contribution in [2.24, 2.45) is 11.8 Å². The number of aliphatic carboxylic acids is 1. The van der Waals surface area contributed by atoms with Gasteiger partial charge in [0.2, 0.25) is 5.91 Å². The topological polar surface area (TPSA) is 57.6 Å². The van der Waals surface area contributed by atoms with Crippen molar-refractivity contribution >= 4 is 17.6 Å². The van der Waals surface area contributed by atoms with E-state index in [1.807, 2.05) is 0 Å². The number of anilines is 1. The lowest BCUT2D eigenvalue weighted by Gasteiger charge is -2.24. The Bertz CT molecular complexity index is 482. The van der Waals surface area contributed by atoms with Gasteiger partial charge in [-0.25, -0.2) is 4.39 Å². The summed E-state index contributed by atoms with van der Waals surface area (Å²) in [4.78, 5) is 24.6. The van der Waals surface area contributed by atoms with E-state index in [9.17, 15) is 14.0 Å². The van der Waals surface area contributed by atoms with E-state index < -0.39 is 11.9 Å². The Morgan fingerprint density at radius 3 is 2.42 bits per heavy atom. The zero-order chi connectivity index (χ0) is 14.0. The smallest absolute Gasteiger partial charge is 0.308 e. The highest BCUT2D eigenvalue weighted by Crippen LogP contribution is 2.33. The van der Waals surface area contributed by atoms with Crippen LogP contribution < -0.4 is 4.90 Å². The van der Waals surface area contributed by atoms with Gasteiger partial charge in [0.25, 0.3) is 0 Å². The second-order valence-corrected chi connectivity index (χ2v) is 4.94. The predicted octanol–water partition coefficient (Wildman–Crippen LogP) is 2.29. The third-order valence-electron chi connectivity index (χ3n) is 3.21. The van der Waals surface area contributed by atoms with Crippen LogP contribution in [0, 0.1) is 17.7 Å². The Morgan fingerprint density at radius 2 is 1.95 bits per heavy atom. The minimum atomic E-state index is -0.948. The van der Waals surface area contributed by atoms with Crippen LogP contribution in [0.1, 0.15) is 19.8 Å². The summed E-state index contributed by atoms with van der Waals surface area (Å²) in [6, 6.07) is 5.55. The van der Waals surface area contributed by atoms with Crippen LogP contribution >= 0.6 is 0 Å². The Balaban J connectivity index is 2.20. The number of carbonyl (C=O) groups excluding carboxylic acids is 1. The molecule has 1 unspecified atom stereocenters. The Hall–Kier alpha value is -1.91. The fourth-order valence-corrected chi connectivity index (χ4v) is 1.85. The molecule has 0 radical (unpaired) electrons. The molecule has 1 aromatic rings. The van der Waals surface area contributed by atoms with Gasteiger partial charge in [-0.2, -0.15) is 0 Å². The van der Waals surface area contributed by atoms with E-state index in [0.29, 0.717) is 5.69 Å². The number of carboxylic acids is 1. The molecule has 4 nitrogen and oxygen atoms in total. The molecule has 1 aromatic carbocycles. The van der Waals surface area contributed by atoms with Crippen LogP contribution in [0.5, 0.6) is 0 Å². The largest absolute Gasteiger partial charge is 0.481 e. The van der Waals surface area contributed by atoms with Gasteiger partial charge in [0.15, 0.2) is 0 Å². The van der Waals surface area contributed by atoms with Crippen molar-refractivity contribution in [3.8, 4) is 0 Å². The monoisotopic (exact) mass is 265 g/mol. The van der Waals surface area contributed by atoms with Gasteiger partial charge in [0, 0.05) is 18.2 Å². The molecule has 0 aromatic heterocycles. The van der Waals surface area contributed by atoms with Crippen LogP contribution in [0.3, 0.4) is 0 Å². The maximum atomic E-state index is 12.9. The predicted molar refractivity (Wildman–Crippen MR) is 68.3 cm³/mol. The maximum Gasteiger partial charge on any atom is 0.308 e. The van der Waals surface area contributed by atoms with Gasteiger partial charge < -0.3 is 10.0 Å². The van der Waals surface area contributed by atoms with E-state index in [1.165, 1.54) is 29.2 Å². The molecule has 5 heteroatoms. The molecule has 0 heterocycles. The second kappa shape index (κ2) is 5.38. The van der Waals surface area contributed by atoms with Gasteiger partial charge >= 0.3 is 5.97 Å². The van der Waals surface area contributed by atoms with E-state index in [-0.39, 0.29) is 24.2 Å². The number of halogens is 1. The zero-order valence-electron chi connectivity index (χ0n) is 10.7. The SMILES string of the molecule is CC(CN(C(=O)C1CC1)c1ccc(F)cc1)C(=O)O. The van der Waals surface area contributed by atoms with E-state index in [4.69, 9.17) is 5.11 Å². The number of rotatable bonds is 5. The molecule has 1 amide bonds. The van der Waals surface area contributed by atoms with Crippen molar-refractivity contribution in [1.29, 1.82) is 0 Å². The summed E-state index contributed by atoms with van der Waals surface area (Å²) in [6.07, 6.45) is 1.69.